The minimum absolute atomic E-state index is 0.0887. The molecule has 14 heavy (non-hydrogen) atoms. The summed E-state index contributed by atoms with van der Waals surface area (Å²) in [6, 6.07) is 0. The largest absolute Gasteiger partial charge is 0.377 e. The van der Waals surface area contributed by atoms with Gasteiger partial charge in [-0.1, -0.05) is 0 Å². The smallest absolute Gasteiger partial charge is 0.220 e. The molecule has 84 valence electrons. The molecule has 0 aromatic rings. The molecule has 0 saturated heterocycles. The van der Waals surface area contributed by atoms with Crippen LogP contribution < -0.4 is 11.1 Å². The highest BCUT2D eigenvalue weighted by atomic mass is 16.5. The molecule has 3 N–H and O–H groups in total. The van der Waals surface area contributed by atoms with Crippen LogP contribution in [0.5, 0.6) is 0 Å². The van der Waals surface area contributed by atoms with Crippen molar-refractivity contribution >= 4 is 5.91 Å². The third-order valence-corrected chi connectivity index (χ3v) is 1.73. The van der Waals surface area contributed by atoms with Gasteiger partial charge < -0.3 is 15.8 Å². The van der Waals surface area contributed by atoms with Crippen LogP contribution >= 0.6 is 0 Å². The number of amides is 1. The topological polar surface area (TPSA) is 64.3 Å². The van der Waals surface area contributed by atoms with Gasteiger partial charge in [0.1, 0.15) is 0 Å². The highest BCUT2D eigenvalue weighted by Crippen LogP contribution is 1.92. The van der Waals surface area contributed by atoms with Crippen molar-refractivity contribution in [3.8, 4) is 0 Å². The molecule has 0 aromatic carbocycles. The zero-order valence-corrected chi connectivity index (χ0v) is 9.21. The highest BCUT2D eigenvalue weighted by Gasteiger charge is 1.99. The normalized spacial score (nSPS) is 10.6. The number of nitrogens with one attached hydrogen (secondary N) is 1. The average Bonchev–Trinajstić information content (AvgIpc) is 2.13. The minimum atomic E-state index is 0.0887. The molecule has 0 unspecified atom stereocenters. The van der Waals surface area contributed by atoms with Crippen LogP contribution in [0.25, 0.3) is 0 Å². The molecule has 0 aliphatic heterocycles. The summed E-state index contributed by atoms with van der Waals surface area (Å²) in [5.74, 6) is 0.0887. The summed E-state index contributed by atoms with van der Waals surface area (Å²) < 4.78 is 5.28. The Balaban J connectivity index is 3.18. The maximum absolute atomic E-state index is 11.2. The maximum atomic E-state index is 11.2. The molecule has 0 saturated carbocycles. The zero-order valence-electron chi connectivity index (χ0n) is 9.21. The van der Waals surface area contributed by atoms with E-state index in [1.807, 2.05) is 13.8 Å². The second-order valence-electron chi connectivity index (χ2n) is 3.52. The van der Waals surface area contributed by atoms with E-state index in [2.05, 4.69) is 5.32 Å². The molecular formula is C10H22N2O2. The average molecular weight is 202 g/mol. The van der Waals surface area contributed by atoms with Crippen molar-refractivity contribution < 1.29 is 9.53 Å². The third-order valence-electron chi connectivity index (χ3n) is 1.73. The Morgan fingerprint density at radius 3 is 2.71 bits per heavy atom. The second kappa shape index (κ2) is 8.97. The molecule has 0 atom stereocenters. The van der Waals surface area contributed by atoms with Crippen LogP contribution in [0.3, 0.4) is 0 Å². The van der Waals surface area contributed by atoms with Crippen molar-refractivity contribution in [1.29, 1.82) is 0 Å². The number of rotatable bonds is 8. The van der Waals surface area contributed by atoms with Crippen LogP contribution in [-0.4, -0.2) is 31.7 Å². The van der Waals surface area contributed by atoms with Gasteiger partial charge in [-0.25, -0.2) is 0 Å². The lowest BCUT2D eigenvalue weighted by Gasteiger charge is -2.08. The molecule has 0 fully saturated rings. The van der Waals surface area contributed by atoms with Gasteiger partial charge >= 0.3 is 0 Å². The Labute approximate surface area is 86.2 Å². The molecule has 0 spiro atoms. The second-order valence-corrected chi connectivity index (χ2v) is 3.52. The van der Waals surface area contributed by atoms with E-state index in [1.165, 1.54) is 0 Å². The summed E-state index contributed by atoms with van der Waals surface area (Å²) in [6.07, 6.45) is 2.58. The van der Waals surface area contributed by atoms with Gasteiger partial charge in [-0.3, -0.25) is 4.79 Å². The summed E-state index contributed by atoms with van der Waals surface area (Å²) in [5.41, 5.74) is 5.32. The van der Waals surface area contributed by atoms with E-state index in [0.29, 0.717) is 26.1 Å². The molecule has 0 heterocycles. The summed E-state index contributed by atoms with van der Waals surface area (Å²) in [5, 5.41) is 2.79. The number of nitrogens with two attached hydrogens (primary N) is 1. The first-order valence-corrected chi connectivity index (χ1v) is 5.25. The Kier molecular flexibility index (Phi) is 8.57. The predicted molar refractivity (Wildman–Crippen MR) is 57.0 cm³/mol. The standard InChI is InChI=1S/C10H22N2O2/c1-9(2)14-8-7-12-10(13)5-3-4-6-11/h9H,3-8,11H2,1-2H3,(H,12,13). The SMILES string of the molecule is CC(C)OCCNC(=O)CCCCN. The summed E-state index contributed by atoms with van der Waals surface area (Å²) in [6.45, 7) is 5.79. The molecule has 0 aliphatic carbocycles. The first kappa shape index (κ1) is 13.4. The lowest BCUT2D eigenvalue weighted by atomic mass is 10.2. The fourth-order valence-electron chi connectivity index (χ4n) is 1.00. The highest BCUT2D eigenvalue weighted by molar-refractivity contribution is 5.75. The maximum Gasteiger partial charge on any atom is 0.220 e. The molecule has 4 nitrogen and oxygen atoms in total. The van der Waals surface area contributed by atoms with Gasteiger partial charge in [0.25, 0.3) is 0 Å². The van der Waals surface area contributed by atoms with E-state index >= 15 is 0 Å². The Hall–Kier alpha value is -0.610. The number of hydrogen-bond donors (Lipinski definition) is 2. The molecule has 0 aromatic heterocycles. The van der Waals surface area contributed by atoms with E-state index < -0.39 is 0 Å². The van der Waals surface area contributed by atoms with Crippen molar-refractivity contribution in [1.82, 2.24) is 5.32 Å². The van der Waals surface area contributed by atoms with Crippen LogP contribution in [0.4, 0.5) is 0 Å². The molecule has 0 aliphatic rings. The van der Waals surface area contributed by atoms with E-state index in [4.69, 9.17) is 10.5 Å². The minimum Gasteiger partial charge on any atom is -0.377 e. The van der Waals surface area contributed by atoms with Crippen molar-refractivity contribution in [2.24, 2.45) is 5.73 Å². The number of hydrogen-bond acceptors (Lipinski definition) is 3. The Morgan fingerprint density at radius 1 is 1.43 bits per heavy atom. The first-order valence-electron chi connectivity index (χ1n) is 5.25. The van der Waals surface area contributed by atoms with E-state index in [-0.39, 0.29) is 12.0 Å². The monoisotopic (exact) mass is 202 g/mol. The van der Waals surface area contributed by atoms with E-state index in [9.17, 15) is 4.79 Å². The van der Waals surface area contributed by atoms with Crippen LogP contribution in [0.1, 0.15) is 33.1 Å². The number of unbranched alkanes of at least 4 members (excludes halogenated alkanes) is 1. The molecule has 0 rings (SSSR count). The van der Waals surface area contributed by atoms with E-state index in [1.54, 1.807) is 0 Å². The number of carbonyl (C=O) groups is 1. The molecule has 0 radical (unpaired) electrons. The van der Waals surface area contributed by atoms with Crippen LogP contribution in [0, 0.1) is 0 Å². The Morgan fingerprint density at radius 2 is 2.14 bits per heavy atom. The van der Waals surface area contributed by atoms with Gasteiger partial charge in [0.2, 0.25) is 5.91 Å². The van der Waals surface area contributed by atoms with Crippen molar-refractivity contribution in [2.75, 3.05) is 19.7 Å². The molecule has 1 amide bonds. The molecule has 0 bridgehead atoms. The van der Waals surface area contributed by atoms with Crippen molar-refractivity contribution in [3.05, 3.63) is 0 Å². The molecular weight excluding hydrogens is 180 g/mol. The fraction of sp³-hybridized carbons (Fsp3) is 0.900. The summed E-state index contributed by atoms with van der Waals surface area (Å²) in [4.78, 5) is 11.2. The van der Waals surface area contributed by atoms with Gasteiger partial charge in [-0.15, -0.1) is 0 Å². The molecule has 4 heteroatoms. The Bertz CT molecular complexity index is 149. The summed E-state index contributed by atoms with van der Waals surface area (Å²) in [7, 11) is 0. The third kappa shape index (κ3) is 9.48. The lowest BCUT2D eigenvalue weighted by Crippen LogP contribution is -2.27. The van der Waals surface area contributed by atoms with Gasteiger partial charge in [0.05, 0.1) is 12.7 Å². The van der Waals surface area contributed by atoms with Gasteiger partial charge in [0.15, 0.2) is 0 Å². The zero-order chi connectivity index (χ0) is 10.8. The summed E-state index contributed by atoms with van der Waals surface area (Å²) >= 11 is 0. The van der Waals surface area contributed by atoms with Gasteiger partial charge in [0, 0.05) is 13.0 Å². The quantitative estimate of drug-likeness (QED) is 0.568. The van der Waals surface area contributed by atoms with Crippen molar-refractivity contribution in [2.45, 2.75) is 39.2 Å². The predicted octanol–water partition coefficient (Wildman–Crippen LogP) is 0.657. The lowest BCUT2D eigenvalue weighted by molar-refractivity contribution is -0.121. The number of carbonyl (C=O) groups excluding carboxylic acids is 1. The number of ether oxygens (including phenoxy) is 1. The van der Waals surface area contributed by atoms with E-state index in [0.717, 1.165) is 12.8 Å². The van der Waals surface area contributed by atoms with Gasteiger partial charge in [-0.2, -0.15) is 0 Å². The fourth-order valence-corrected chi connectivity index (χ4v) is 1.00. The van der Waals surface area contributed by atoms with Gasteiger partial charge in [-0.05, 0) is 33.2 Å². The van der Waals surface area contributed by atoms with Crippen molar-refractivity contribution in [3.63, 3.8) is 0 Å². The first-order chi connectivity index (χ1) is 6.66. The van der Waals surface area contributed by atoms with Crippen LogP contribution in [-0.2, 0) is 9.53 Å². The van der Waals surface area contributed by atoms with Crippen LogP contribution in [0.15, 0.2) is 0 Å². The van der Waals surface area contributed by atoms with Crippen LogP contribution in [0.2, 0.25) is 0 Å².